The molecule has 2 amide bonds. The number of ether oxygens (including phenoxy) is 2. The van der Waals surface area contributed by atoms with Crippen molar-refractivity contribution >= 4 is 68.4 Å². The Morgan fingerprint density at radius 3 is 2.60 bits per heavy atom. The molecule has 14 nitrogen and oxygen atoms in total. The molecule has 5 aromatic rings. The summed E-state index contributed by atoms with van der Waals surface area (Å²) in [5, 5.41) is 15.0. The highest BCUT2D eigenvalue weighted by molar-refractivity contribution is 6.33. The average Bonchev–Trinajstić information content (AvgIpc) is 3.96. The first-order valence-electron chi connectivity index (χ1n) is 18.4. The third-order valence-electron chi connectivity index (χ3n) is 11.0. The summed E-state index contributed by atoms with van der Waals surface area (Å²) in [6.07, 6.45) is 4.87. The van der Waals surface area contributed by atoms with Crippen molar-refractivity contribution < 1.29 is 27.8 Å². The molecule has 1 aliphatic carbocycles. The van der Waals surface area contributed by atoms with E-state index in [1.807, 2.05) is 25.2 Å². The lowest BCUT2D eigenvalue weighted by molar-refractivity contribution is -0.134. The Morgan fingerprint density at radius 1 is 1.04 bits per heavy atom. The maximum absolute atomic E-state index is 15.1. The molecule has 3 N–H and O–H groups in total. The zero-order valence-electron chi connectivity index (χ0n) is 30.1. The van der Waals surface area contributed by atoms with Gasteiger partial charge in [-0.25, -0.2) is 13.8 Å². The van der Waals surface area contributed by atoms with Crippen LogP contribution in [-0.4, -0.2) is 73.9 Å². The van der Waals surface area contributed by atoms with Gasteiger partial charge >= 0.3 is 5.92 Å². The second-order valence-corrected chi connectivity index (χ2v) is 15.2. The number of carbonyl (C=O) groups excluding carboxylic acids is 2. The van der Waals surface area contributed by atoms with Gasteiger partial charge in [0.1, 0.15) is 22.4 Å². The van der Waals surface area contributed by atoms with E-state index in [1.54, 1.807) is 29.9 Å². The second-order valence-electron chi connectivity index (χ2n) is 14.8. The average molecular weight is 774 g/mol. The van der Waals surface area contributed by atoms with E-state index in [4.69, 9.17) is 26.1 Å². The Kier molecular flexibility index (Phi) is 8.55. The van der Waals surface area contributed by atoms with Gasteiger partial charge in [-0.05, 0) is 49.4 Å². The Labute approximate surface area is 318 Å². The molecule has 1 unspecified atom stereocenters. The Balaban J connectivity index is 0.918. The lowest BCUT2D eigenvalue weighted by Crippen LogP contribution is -2.44. The monoisotopic (exact) mass is 773 g/mol. The molecular weight excluding hydrogens is 736 g/mol. The van der Waals surface area contributed by atoms with E-state index in [9.17, 15) is 14.4 Å². The zero-order valence-corrected chi connectivity index (χ0v) is 30.8. The van der Waals surface area contributed by atoms with Gasteiger partial charge in [0, 0.05) is 62.9 Å². The summed E-state index contributed by atoms with van der Waals surface area (Å²) in [6.45, 7) is 0.357. The van der Waals surface area contributed by atoms with Crippen LogP contribution in [0.3, 0.4) is 0 Å². The summed E-state index contributed by atoms with van der Waals surface area (Å²) in [5.41, 5.74) is 2.32. The van der Waals surface area contributed by atoms with Crippen molar-refractivity contribution in [3.8, 4) is 11.5 Å². The topological polar surface area (TPSA) is 158 Å². The van der Waals surface area contributed by atoms with Crippen LogP contribution in [0.25, 0.3) is 21.8 Å². The number of aromatic nitrogens is 5. The van der Waals surface area contributed by atoms with Gasteiger partial charge in [-0.3, -0.25) is 24.4 Å². The molecule has 6 heterocycles. The summed E-state index contributed by atoms with van der Waals surface area (Å²) < 4.78 is 45.4. The molecule has 17 heteroatoms. The molecule has 286 valence electrons. The first kappa shape index (κ1) is 35.2. The number of piperidine rings is 2. The number of aryl methyl sites for hydroxylation is 2. The predicted molar refractivity (Wildman–Crippen MR) is 202 cm³/mol. The predicted octanol–water partition coefficient (Wildman–Crippen LogP) is 5.40. The summed E-state index contributed by atoms with van der Waals surface area (Å²) in [4.78, 5) is 48.9. The number of anilines is 4. The van der Waals surface area contributed by atoms with Crippen LogP contribution in [0.5, 0.6) is 11.5 Å². The van der Waals surface area contributed by atoms with Gasteiger partial charge in [-0.15, -0.1) is 0 Å². The van der Waals surface area contributed by atoms with E-state index >= 15 is 8.78 Å². The van der Waals surface area contributed by atoms with Crippen molar-refractivity contribution in [1.82, 2.24) is 29.6 Å². The highest BCUT2D eigenvalue weighted by Gasteiger charge is 2.51. The normalized spacial score (nSPS) is 21.4. The van der Waals surface area contributed by atoms with E-state index in [-0.39, 0.29) is 46.7 Å². The molecule has 3 aliphatic heterocycles. The SMILES string of the molecule is Cn1nc(C2CCC(=O)NC2=O)c2cccc(OC3CCN(c4ncc(Cl)c(Nc5ccc6c(c5)c5c(c(=O)n6C)OCC(F)(F)[C@H](C6CC6)N5)n4)CC3)c21. The minimum atomic E-state index is -3.14. The molecule has 1 saturated carbocycles. The smallest absolute Gasteiger partial charge is 0.301 e. The van der Waals surface area contributed by atoms with Crippen LogP contribution in [0.4, 0.5) is 31.9 Å². The number of alkyl halides is 2. The highest BCUT2D eigenvalue weighted by Crippen LogP contribution is 2.46. The quantitative estimate of drug-likeness (QED) is 0.182. The van der Waals surface area contributed by atoms with Gasteiger partial charge in [0.05, 0.1) is 35.1 Å². The molecule has 55 heavy (non-hydrogen) atoms. The summed E-state index contributed by atoms with van der Waals surface area (Å²) >= 11 is 6.59. The van der Waals surface area contributed by atoms with Crippen LogP contribution in [0.1, 0.15) is 50.1 Å². The van der Waals surface area contributed by atoms with Crippen LogP contribution in [0.15, 0.2) is 47.4 Å². The molecule has 0 spiro atoms. The number of hydrogen-bond donors (Lipinski definition) is 3. The standard InChI is InChI=1S/C38H38ClF2N9O5/c1-48-26-10-8-20(16-24(26)30-32(36(48)53)54-18-38(40,41)33(45-30)19-6-7-19)43-34-25(39)17-42-37(46-34)50-14-12-21(13-15-50)55-27-5-3-4-22-29(47-49(2)31(22)27)23-9-11-28(51)44-35(23)52/h3-5,8,10,16-17,19,21,23,33,45H,6-7,9,11-15,18H2,1-2H3,(H,42,43,46)(H,44,51,52)/t23?,33-/m0/s1. The fourth-order valence-corrected chi connectivity index (χ4v) is 8.15. The number of nitrogens with one attached hydrogen (secondary N) is 3. The Hall–Kier alpha value is -5.51. The number of pyridine rings is 1. The van der Waals surface area contributed by atoms with E-state index in [0.29, 0.717) is 85.0 Å². The maximum atomic E-state index is 15.1. The maximum Gasteiger partial charge on any atom is 0.301 e. The summed E-state index contributed by atoms with van der Waals surface area (Å²) in [7, 11) is 3.41. The molecule has 9 rings (SSSR count). The first-order chi connectivity index (χ1) is 26.4. The van der Waals surface area contributed by atoms with E-state index in [1.165, 1.54) is 10.8 Å². The summed E-state index contributed by atoms with van der Waals surface area (Å²) in [5.74, 6) is -3.06. The van der Waals surface area contributed by atoms with Crippen molar-refractivity contribution in [3.63, 3.8) is 0 Å². The first-order valence-corrected chi connectivity index (χ1v) is 18.8. The fraction of sp³-hybridized carbons (Fsp3) is 0.421. The van der Waals surface area contributed by atoms with Gasteiger partial charge in [-0.2, -0.15) is 10.1 Å². The van der Waals surface area contributed by atoms with Crippen LogP contribution in [-0.2, 0) is 23.7 Å². The third kappa shape index (κ3) is 6.35. The molecular formula is C38H38ClF2N9O5. The van der Waals surface area contributed by atoms with E-state index in [0.717, 1.165) is 10.9 Å². The van der Waals surface area contributed by atoms with Gasteiger partial charge in [-0.1, -0.05) is 23.7 Å². The molecule has 0 radical (unpaired) electrons. The third-order valence-corrected chi connectivity index (χ3v) is 11.3. The number of nitrogens with zero attached hydrogens (tertiary/aromatic N) is 6. The number of benzene rings is 2. The Morgan fingerprint density at radius 2 is 1.84 bits per heavy atom. The number of imide groups is 1. The van der Waals surface area contributed by atoms with Crippen molar-refractivity contribution in [1.29, 1.82) is 0 Å². The lowest BCUT2D eigenvalue weighted by Gasteiger charge is -2.32. The van der Waals surface area contributed by atoms with Crippen LogP contribution in [0, 0.1) is 5.92 Å². The largest absolute Gasteiger partial charge is 0.488 e. The van der Waals surface area contributed by atoms with Crippen LogP contribution >= 0.6 is 11.6 Å². The highest BCUT2D eigenvalue weighted by atomic mass is 35.5. The van der Waals surface area contributed by atoms with E-state index < -0.39 is 30.0 Å². The van der Waals surface area contributed by atoms with Gasteiger partial charge < -0.3 is 29.6 Å². The molecule has 0 bridgehead atoms. The van der Waals surface area contributed by atoms with Gasteiger partial charge in [0.2, 0.25) is 23.5 Å². The number of hydrogen-bond acceptors (Lipinski definition) is 11. The van der Waals surface area contributed by atoms with Gasteiger partial charge in [0.25, 0.3) is 5.56 Å². The van der Waals surface area contributed by atoms with Crippen molar-refractivity contribution in [2.24, 2.45) is 20.0 Å². The van der Waals surface area contributed by atoms with Crippen molar-refractivity contribution in [2.75, 3.05) is 35.2 Å². The minimum absolute atomic E-state index is 0.0959. The number of fused-ring (bicyclic) bond motifs is 4. The number of rotatable bonds is 7. The number of halogens is 3. The Bertz CT molecular complexity index is 2440. The van der Waals surface area contributed by atoms with Crippen LogP contribution in [0.2, 0.25) is 5.02 Å². The van der Waals surface area contributed by atoms with Crippen molar-refractivity contribution in [2.45, 2.75) is 62.5 Å². The molecule has 4 aliphatic rings. The van der Waals surface area contributed by atoms with Crippen molar-refractivity contribution in [3.05, 3.63) is 63.7 Å². The van der Waals surface area contributed by atoms with E-state index in [2.05, 4.69) is 30.9 Å². The molecule has 2 saturated heterocycles. The van der Waals surface area contributed by atoms with Crippen LogP contribution < -0.4 is 35.9 Å². The van der Waals surface area contributed by atoms with Gasteiger partial charge in [0.15, 0.2) is 12.4 Å². The lowest BCUT2D eigenvalue weighted by atomic mass is 9.93. The molecule has 3 fully saturated rings. The second kappa shape index (κ2) is 13.4. The number of carbonyl (C=O) groups is 2. The molecule has 3 aromatic heterocycles. The molecule has 2 atom stereocenters. The minimum Gasteiger partial charge on any atom is -0.488 e. The fourth-order valence-electron chi connectivity index (χ4n) is 8.01. The summed E-state index contributed by atoms with van der Waals surface area (Å²) in [6, 6.07) is 9.87. The zero-order chi connectivity index (χ0) is 38.2. The number of para-hydroxylation sites is 1. The number of amides is 2. The molecule has 2 aromatic carbocycles.